The van der Waals surface area contributed by atoms with Gasteiger partial charge < -0.3 is 14.7 Å². The molecule has 4 heteroatoms. The number of hydrogen-bond acceptors (Lipinski definition) is 4. The molecule has 3 saturated heterocycles. The van der Waals surface area contributed by atoms with Crippen LogP contribution < -0.4 is 4.74 Å². The molecule has 3 aliphatic heterocycles. The highest BCUT2D eigenvalue weighted by molar-refractivity contribution is 5.94. The highest BCUT2D eigenvalue weighted by Gasteiger charge is 2.46. The van der Waals surface area contributed by atoms with Crippen molar-refractivity contribution in [1.82, 2.24) is 4.90 Å². The summed E-state index contributed by atoms with van der Waals surface area (Å²) >= 11 is 0. The van der Waals surface area contributed by atoms with Crippen molar-refractivity contribution in [3.63, 3.8) is 0 Å². The Morgan fingerprint density at radius 3 is 2.78 bits per heavy atom. The van der Waals surface area contributed by atoms with Gasteiger partial charge in [0.25, 0.3) is 0 Å². The molecule has 23 heavy (non-hydrogen) atoms. The lowest BCUT2D eigenvalue weighted by molar-refractivity contribution is -0.131. The number of nitrogens with zero attached hydrogens (tertiary/aromatic N) is 1. The molecule has 0 radical (unpaired) electrons. The van der Waals surface area contributed by atoms with Gasteiger partial charge >= 0.3 is 0 Å². The molecule has 0 amide bonds. The lowest BCUT2D eigenvalue weighted by Gasteiger charge is -2.50. The first-order chi connectivity index (χ1) is 11.0. The summed E-state index contributed by atoms with van der Waals surface area (Å²) in [5.41, 5.74) is 0.856. The van der Waals surface area contributed by atoms with E-state index in [9.17, 15) is 9.90 Å². The van der Waals surface area contributed by atoms with Crippen LogP contribution in [-0.2, 0) is 6.42 Å². The fourth-order valence-electron chi connectivity index (χ4n) is 3.77. The van der Waals surface area contributed by atoms with Crippen LogP contribution in [-0.4, -0.2) is 47.6 Å². The molecule has 3 fully saturated rings. The summed E-state index contributed by atoms with van der Waals surface area (Å²) in [6.45, 7) is 8.50. The Labute approximate surface area is 137 Å². The zero-order chi connectivity index (χ0) is 16.4. The maximum absolute atomic E-state index is 11.5. The average molecular weight is 315 g/mol. The highest BCUT2D eigenvalue weighted by Crippen LogP contribution is 2.36. The number of piperidine rings is 3. The summed E-state index contributed by atoms with van der Waals surface area (Å²) < 4.78 is 5.98. The molecule has 0 aliphatic carbocycles. The SMILES string of the molecule is C=CCc1cc(C(C)=O)ccc1OCC1(O)CN2CCC1CC2. The van der Waals surface area contributed by atoms with Gasteiger partial charge in [0.15, 0.2) is 5.78 Å². The summed E-state index contributed by atoms with van der Waals surface area (Å²) in [6, 6.07) is 5.48. The molecule has 4 nitrogen and oxygen atoms in total. The van der Waals surface area contributed by atoms with Gasteiger partial charge in [0.2, 0.25) is 0 Å². The van der Waals surface area contributed by atoms with Gasteiger partial charge in [-0.15, -0.1) is 6.58 Å². The number of allylic oxidation sites excluding steroid dienone is 1. The predicted octanol–water partition coefficient (Wildman–Crippen LogP) is 2.45. The molecule has 1 N–H and O–H groups in total. The van der Waals surface area contributed by atoms with E-state index in [4.69, 9.17) is 4.74 Å². The van der Waals surface area contributed by atoms with Crippen molar-refractivity contribution < 1.29 is 14.6 Å². The normalized spacial score (nSPS) is 29.3. The molecule has 1 aromatic rings. The summed E-state index contributed by atoms with van der Waals surface area (Å²) in [7, 11) is 0. The van der Waals surface area contributed by atoms with Gasteiger partial charge in [-0.3, -0.25) is 4.79 Å². The van der Waals surface area contributed by atoms with Crippen molar-refractivity contribution in [3.8, 4) is 5.75 Å². The van der Waals surface area contributed by atoms with E-state index in [1.165, 1.54) is 0 Å². The van der Waals surface area contributed by atoms with Crippen LogP contribution in [0.3, 0.4) is 0 Å². The Bertz CT molecular complexity index is 605. The maximum atomic E-state index is 11.5. The molecular formula is C19H25NO3. The van der Waals surface area contributed by atoms with Crippen molar-refractivity contribution in [3.05, 3.63) is 42.0 Å². The van der Waals surface area contributed by atoms with Gasteiger partial charge in [-0.25, -0.2) is 0 Å². The van der Waals surface area contributed by atoms with Gasteiger partial charge in [-0.2, -0.15) is 0 Å². The fraction of sp³-hybridized carbons (Fsp3) is 0.526. The Morgan fingerprint density at radius 2 is 2.22 bits per heavy atom. The second kappa shape index (κ2) is 6.46. The molecule has 1 unspecified atom stereocenters. The molecular weight excluding hydrogens is 290 g/mol. The Hall–Kier alpha value is -1.65. The summed E-state index contributed by atoms with van der Waals surface area (Å²) in [6.07, 6.45) is 4.53. The van der Waals surface area contributed by atoms with Crippen molar-refractivity contribution in [1.29, 1.82) is 0 Å². The Balaban J connectivity index is 1.74. The average Bonchev–Trinajstić information content (AvgIpc) is 2.54. The second-order valence-electron chi connectivity index (χ2n) is 6.81. The predicted molar refractivity (Wildman–Crippen MR) is 90.0 cm³/mol. The number of hydrogen-bond donors (Lipinski definition) is 1. The summed E-state index contributed by atoms with van der Waals surface area (Å²) in [5.74, 6) is 1.10. The number of ether oxygens (including phenoxy) is 1. The van der Waals surface area contributed by atoms with Crippen LogP contribution in [0.5, 0.6) is 5.75 Å². The van der Waals surface area contributed by atoms with Crippen LogP contribution in [0.15, 0.2) is 30.9 Å². The lowest BCUT2D eigenvalue weighted by Crippen LogP contribution is -2.61. The third kappa shape index (κ3) is 3.33. The monoisotopic (exact) mass is 315 g/mol. The largest absolute Gasteiger partial charge is 0.490 e. The smallest absolute Gasteiger partial charge is 0.159 e. The Kier molecular flexibility index (Phi) is 4.55. The van der Waals surface area contributed by atoms with Crippen LogP contribution in [0.1, 0.15) is 35.7 Å². The number of rotatable bonds is 6. The van der Waals surface area contributed by atoms with E-state index in [1.54, 1.807) is 19.1 Å². The minimum Gasteiger partial charge on any atom is -0.490 e. The topological polar surface area (TPSA) is 49.8 Å². The quantitative estimate of drug-likeness (QED) is 0.647. The van der Waals surface area contributed by atoms with Gasteiger partial charge in [0, 0.05) is 12.1 Å². The van der Waals surface area contributed by atoms with Crippen molar-refractivity contribution in [2.75, 3.05) is 26.2 Å². The molecule has 1 aromatic carbocycles. The number of ketones is 1. The third-order valence-electron chi connectivity index (χ3n) is 5.15. The van der Waals surface area contributed by atoms with Crippen molar-refractivity contribution in [2.24, 2.45) is 5.92 Å². The zero-order valence-electron chi connectivity index (χ0n) is 13.8. The highest BCUT2D eigenvalue weighted by atomic mass is 16.5. The third-order valence-corrected chi connectivity index (χ3v) is 5.15. The van der Waals surface area contributed by atoms with E-state index in [2.05, 4.69) is 11.5 Å². The first-order valence-electron chi connectivity index (χ1n) is 8.34. The fourth-order valence-corrected chi connectivity index (χ4v) is 3.77. The molecule has 2 bridgehead atoms. The van der Waals surface area contributed by atoms with Crippen molar-refractivity contribution in [2.45, 2.75) is 31.8 Å². The number of benzene rings is 1. The van der Waals surface area contributed by atoms with Crippen LogP contribution in [0.4, 0.5) is 0 Å². The van der Waals surface area contributed by atoms with Crippen LogP contribution in [0.25, 0.3) is 0 Å². The Morgan fingerprint density at radius 1 is 1.48 bits per heavy atom. The summed E-state index contributed by atoms with van der Waals surface area (Å²) in [5, 5.41) is 10.9. The van der Waals surface area contributed by atoms with Gasteiger partial charge in [0.1, 0.15) is 18.0 Å². The minimum atomic E-state index is -0.763. The second-order valence-corrected chi connectivity index (χ2v) is 6.81. The molecule has 3 heterocycles. The maximum Gasteiger partial charge on any atom is 0.159 e. The number of aliphatic hydroxyl groups is 1. The van der Waals surface area contributed by atoms with Gasteiger partial charge in [-0.1, -0.05) is 6.08 Å². The number of carbonyl (C=O) groups excluding carboxylic acids is 1. The van der Waals surface area contributed by atoms with Crippen LogP contribution in [0, 0.1) is 5.92 Å². The van der Waals surface area contributed by atoms with Gasteiger partial charge in [-0.05, 0) is 69.0 Å². The zero-order valence-corrected chi connectivity index (χ0v) is 13.8. The van der Waals surface area contributed by atoms with Crippen molar-refractivity contribution >= 4 is 5.78 Å². The lowest BCUT2D eigenvalue weighted by atomic mass is 9.76. The first-order valence-corrected chi connectivity index (χ1v) is 8.34. The molecule has 4 rings (SSSR count). The first kappa shape index (κ1) is 16.2. The molecule has 0 saturated carbocycles. The molecule has 0 spiro atoms. The standard InChI is InChI=1S/C19H25NO3/c1-3-4-16-11-15(14(2)21)5-6-18(16)23-13-19(22)12-20-9-7-17(19)8-10-20/h3,5-6,11,17,22H,1,4,7-10,12-13H2,2H3. The van der Waals surface area contributed by atoms with Gasteiger partial charge in [0.05, 0.1) is 0 Å². The van der Waals surface area contributed by atoms with Crippen LogP contribution in [0.2, 0.25) is 0 Å². The van der Waals surface area contributed by atoms with Crippen LogP contribution >= 0.6 is 0 Å². The molecule has 124 valence electrons. The summed E-state index contributed by atoms with van der Waals surface area (Å²) in [4.78, 5) is 13.9. The van der Waals surface area contributed by atoms with E-state index >= 15 is 0 Å². The van der Waals surface area contributed by atoms with E-state index < -0.39 is 5.60 Å². The molecule has 0 aromatic heterocycles. The van der Waals surface area contributed by atoms with E-state index in [0.29, 0.717) is 31.1 Å². The minimum absolute atomic E-state index is 0.0397. The number of carbonyl (C=O) groups is 1. The number of fused-ring (bicyclic) bond motifs is 3. The number of Topliss-reactive ketones (excluding diaryl/α,β-unsaturated/α-hetero) is 1. The van der Waals surface area contributed by atoms with E-state index in [-0.39, 0.29) is 5.78 Å². The van der Waals surface area contributed by atoms with E-state index in [1.807, 2.05) is 12.1 Å². The van der Waals surface area contributed by atoms with E-state index in [0.717, 1.165) is 37.2 Å². The molecule has 1 atom stereocenters. The molecule has 3 aliphatic rings.